The van der Waals surface area contributed by atoms with Gasteiger partial charge in [-0.15, -0.1) is 0 Å². The zero-order valence-corrected chi connectivity index (χ0v) is 9.93. The fourth-order valence-electron chi connectivity index (χ4n) is 1.23. The molecule has 0 fully saturated rings. The summed E-state index contributed by atoms with van der Waals surface area (Å²) in [5.41, 5.74) is 1.11. The molecule has 0 heterocycles. The molecule has 0 aromatic heterocycles. The molecule has 0 spiro atoms. The molecular formula is C12H14O2S. The quantitative estimate of drug-likeness (QED) is 0.737. The van der Waals surface area contributed by atoms with Crippen LogP contribution in [0.3, 0.4) is 0 Å². The van der Waals surface area contributed by atoms with E-state index in [0.29, 0.717) is 9.80 Å². The molecule has 1 aromatic rings. The zero-order chi connectivity index (χ0) is 11.4. The number of ketones is 1. The van der Waals surface area contributed by atoms with Gasteiger partial charge in [-0.25, -0.2) is 4.21 Å². The Kier molecular flexibility index (Phi) is 3.97. The lowest BCUT2D eigenvalue weighted by atomic mass is 10.2. The summed E-state index contributed by atoms with van der Waals surface area (Å²) < 4.78 is 12.0. The van der Waals surface area contributed by atoms with Crippen molar-refractivity contribution < 1.29 is 9.00 Å². The topological polar surface area (TPSA) is 34.1 Å². The minimum Gasteiger partial charge on any atom is -0.294 e. The summed E-state index contributed by atoms with van der Waals surface area (Å²) in [7, 11) is -1.35. The van der Waals surface area contributed by atoms with Crippen molar-refractivity contribution in [1.29, 1.82) is 0 Å². The first kappa shape index (κ1) is 11.9. The van der Waals surface area contributed by atoms with Crippen LogP contribution in [0.2, 0.25) is 0 Å². The second-order valence-electron chi connectivity index (χ2n) is 3.29. The molecule has 1 unspecified atom stereocenters. The van der Waals surface area contributed by atoms with E-state index in [9.17, 15) is 9.00 Å². The van der Waals surface area contributed by atoms with Crippen molar-refractivity contribution in [1.82, 2.24) is 0 Å². The second-order valence-corrected chi connectivity index (χ2v) is 4.74. The summed E-state index contributed by atoms with van der Waals surface area (Å²) in [5.74, 6) is -0.142. The van der Waals surface area contributed by atoms with Crippen molar-refractivity contribution in [3.05, 3.63) is 40.8 Å². The lowest BCUT2D eigenvalue weighted by Gasteiger charge is -2.03. The third kappa shape index (κ3) is 2.86. The van der Waals surface area contributed by atoms with Crippen LogP contribution in [0, 0.1) is 6.92 Å². The average molecular weight is 222 g/mol. The molecule has 0 amide bonds. The molecule has 1 rings (SSSR count). The number of carbonyl (C=O) groups excluding carboxylic acids is 1. The van der Waals surface area contributed by atoms with E-state index in [1.54, 1.807) is 25.1 Å². The van der Waals surface area contributed by atoms with Gasteiger partial charge >= 0.3 is 0 Å². The van der Waals surface area contributed by atoms with E-state index in [4.69, 9.17) is 0 Å². The number of Topliss-reactive ketones (excluding diaryl/α,β-unsaturated/α-hetero) is 1. The van der Waals surface area contributed by atoms with Crippen molar-refractivity contribution in [2.75, 3.05) is 0 Å². The Hall–Kier alpha value is -1.22. The first-order valence-corrected chi connectivity index (χ1v) is 5.87. The van der Waals surface area contributed by atoms with Crippen LogP contribution in [-0.4, -0.2) is 9.99 Å². The summed E-state index contributed by atoms with van der Waals surface area (Å²) in [6.45, 7) is 5.12. The van der Waals surface area contributed by atoms with E-state index in [1.165, 1.54) is 6.92 Å². The van der Waals surface area contributed by atoms with Crippen molar-refractivity contribution in [2.45, 2.75) is 25.7 Å². The van der Waals surface area contributed by atoms with Crippen LogP contribution in [0.25, 0.3) is 0 Å². The molecule has 0 bridgehead atoms. The van der Waals surface area contributed by atoms with Crippen molar-refractivity contribution >= 4 is 16.6 Å². The Balaban J connectivity index is 3.04. The average Bonchev–Trinajstić information content (AvgIpc) is 2.19. The van der Waals surface area contributed by atoms with Crippen LogP contribution in [0.4, 0.5) is 0 Å². The molecule has 1 aromatic carbocycles. The number of hydrogen-bond donors (Lipinski definition) is 0. The summed E-state index contributed by atoms with van der Waals surface area (Å²) in [5, 5.41) is 0. The van der Waals surface area contributed by atoms with E-state index in [1.807, 2.05) is 19.1 Å². The minimum absolute atomic E-state index is 0.142. The van der Waals surface area contributed by atoms with Gasteiger partial charge in [0.25, 0.3) is 0 Å². The van der Waals surface area contributed by atoms with Crippen molar-refractivity contribution in [2.24, 2.45) is 0 Å². The molecule has 0 aliphatic heterocycles. The van der Waals surface area contributed by atoms with E-state index in [2.05, 4.69) is 0 Å². The third-order valence-corrected chi connectivity index (χ3v) is 3.67. The maximum absolute atomic E-state index is 12.0. The number of aryl methyl sites for hydroxylation is 1. The molecule has 0 saturated heterocycles. The van der Waals surface area contributed by atoms with Crippen molar-refractivity contribution in [3.63, 3.8) is 0 Å². The first-order valence-electron chi connectivity index (χ1n) is 4.72. The number of hydrogen-bond acceptors (Lipinski definition) is 2. The van der Waals surface area contributed by atoms with Gasteiger partial charge < -0.3 is 0 Å². The molecule has 0 N–H and O–H groups in total. The number of carbonyl (C=O) groups is 1. The Morgan fingerprint density at radius 1 is 1.27 bits per heavy atom. The number of benzene rings is 1. The predicted molar refractivity (Wildman–Crippen MR) is 62.0 cm³/mol. The Bertz CT molecular complexity index is 416. The fourth-order valence-corrected chi connectivity index (χ4v) is 2.34. The number of rotatable bonds is 3. The number of allylic oxidation sites excluding steroid dienone is 2. The maximum atomic E-state index is 12.0. The molecule has 2 nitrogen and oxygen atoms in total. The Labute approximate surface area is 92.5 Å². The van der Waals surface area contributed by atoms with E-state index < -0.39 is 10.8 Å². The van der Waals surface area contributed by atoms with E-state index >= 15 is 0 Å². The van der Waals surface area contributed by atoms with Gasteiger partial charge in [0.05, 0.1) is 15.7 Å². The molecule has 0 radical (unpaired) electrons. The molecule has 0 saturated carbocycles. The molecule has 0 aliphatic rings. The monoisotopic (exact) mass is 222 g/mol. The van der Waals surface area contributed by atoms with Crippen LogP contribution >= 0.6 is 0 Å². The van der Waals surface area contributed by atoms with Gasteiger partial charge in [-0.2, -0.15) is 0 Å². The normalized spacial score (nSPS) is 13.7. The summed E-state index contributed by atoms with van der Waals surface area (Å²) in [6, 6.07) is 7.36. The van der Waals surface area contributed by atoms with Crippen LogP contribution < -0.4 is 0 Å². The first-order chi connectivity index (χ1) is 7.06. The van der Waals surface area contributed by atoms with Gasteiger partial charge in [-0.05, 0) is 32.9 Å². The molecule has 80 valence electrons. The van der Waals surface area contributed by atoms with E-state index in [-0.39, 0.29) is 5.78 Å². The Morgan fingerprint density at radius 3 is 2.20 bits per heavy atom. The lowest BCUT2D eigenvalue weighted by Crippen LogP contribution is -2.04. The largest absolute Gasteiger partial charge is 0.294 e. The van der Waals surface area contributed by atoms with Crippen LogP contribution in [0.15, 0.2) is 40.1 Å². The molecule has 3 heteroatoms. The lowest BCUT2D eigenvalue weighted by molar-refractivity contribution is -0.113. The summed E-state index contributed by atoms with van der Waals surface area (Å²) >= 11 is 0. The summed E-state index contributed by atoms with van der Waals surface area (Å²) in [6.07, 6.45) is 1.61. The predicted octanol–water partition coefficient (Wildman–Crippen LogP) is 2.60. The SMILES string of the molecule is CC=C(C(C)=O)S(=O)c1ccc(C)cc1. The maximum Gasteiger partial charge on any atom is 0.168 e. The van der Waals surface area contributed by atoms with Gasteiger partial charge in [0, 0.05) is 4.90 Å². The van der Waals surface area contributed by atoms with Crippen LogP contribution in [0.1, 0.15) is 19.4 Å². The molecular weight excluding hydrogens is 208 g/mol. The van der Waals surface area contributed by atoms with Crippen LogP contribution in [0.5, 0.6) is 0 Å². The van der Waals surface area contributed by atoms with Crippen LogP contribution in [-0.2, 0) is 15.6 Å². The smallest absolute Gasteiger partial charge is 0.168 e. The minimum atomic E-state index is -1.35. The highest BCUT2D eigenvalue weighted by atomic mass is 32.2. The molecule has 15 heavy (non-hydrogen) atoms. The van der Waals surface area contributed by atoms with Gasteiger partial charge in [-0.1, -0.05) is 23.8 Å². The highest BCUT2D eigenvalue weighted by Crippen LogP contribution is 2.15. The second kappa shape index (κ2) is 5.03. The molecule has 1 atom stereocenters. The highest BCUT2D eigenvalue weighted by molar-refractivity contribution is 7.90. The van der Waals surface area contributed by atoms with E-state index in [0.717, 1.165) is 5.56 Å². The van der Waals surface area contributed by atoms with Gasteiger partial charge in [0.2, 0.25) is 0 Å². The zero-order valence-electron chi connectivity index (χ0n) is 9.11. The standard InChI is InChI=1S/C12H14O2S/c1-4-12(10(3)13)15(14)11-7-5-9(2)6-8-11/h4-8H,1-3H3. The third-order valence-electron chi connectivity index (χ3n) is 2.04. The van der Waals surface area contributed by atoms with Gasteiger partial charge in [0.15, 0.2) is 5.78 Å². The van der Waals surface area contributed by atoms with Gasteiger partial charge in [-0.3, -0.25) is 4.79 Å². The fraction of sp³-hybridized carbons (Fsp3) is 0.250. The van der Waals surface area contributed by atoms with Gasteiger partial charge in [0.1, 0.15) is 0 Å². The van der Waals surface area contributed by atoms with Crippen molar-refractivity contribution in [3.8, 4) is 0 Å². The molecule has 0 aliphatic carbocycles. The Morgan fingerprint density at radius 2 is 1.80 bits per heavy atom. The summed E-state index contributed by atoms with van der Waals surface area (Å²) in [4.78, 5) is 12.2. The highest BCUT2D eigenvalue weighted by Gasteiger charge is 2.13.